The number of ether oxygens (including phenoxy) is 1. The van der Waals surface area contributed by atoms with Gasteiger partial charge in [-0.25, -0.2) is 18.7 Å². The van der Waals surface area contributed by atoms with Crippen molar-refractivity contribution in [3.63, 3.8) is 0 Å². The number of benzene rings is 1. The molecule has 0 radical (unpaired) electrons. The van der Waals surface area contributed by atoms with Gasteiger partial charge in [-0.2, -0.15) is 9.49 Å². The van der Waals surface area contributed by atoms with Gasteiger partial charge in [-0.1, -0.05) is 0 Å². The van der Waals surface area contributed by atoms with Crippen molar-refractivity contribution < 1.29 is 17.9 Å². The largest absolute Gasteiger partial charge is 0.373 e. The minimum atomic E-state index is -0.990. The summed E-state index contributed by atoms with van der Waals surface area (Å²) in [7, 11) is 1.81. The van der Waals surface area contributed by atoms with Crippen molar-refractivity contribution in [2.75, 3.05) is 6.61 Å². The molecule has 4 heterocycles. The molecular weight excluding hydrogens is 435 g/mol. The summed E-state index contributed by atoms with van der Waals surface area (Å²) >= 11 is 0. The molecule has 0 saturated carbocycles. The molecular formula is C23H20F3N5O2. The average Bonchev–Trinajstić information content (AvgIpc) is 3.24. The summed E-state index contributed by atoms with van der Waals surface area (Å²) in [6, 6.07) is 3.08. The van der Waals surface area contributed by atoms with E-state index in [1.165, 1.54) is 19.2 Å². The number of aryl methyl sites for hydroxylation is 2. The molecule has 7 nitrogen and oxygen atoms in total. The van der Waals surface area contributed by atoms with Crippen molar-refractivity contribution in [1.29, 1.82) is 0 Å². The summed E-state index contributed by atoms with van der Waals surface area (Å²) in [5.74, 6) is -2.73. The van der Waals surface area contributed by atoms with Crippen molar-refractivity contribution in [1.82, 2.24) is 24.1 Å². The fourth-order valence-electron chi connectivity index (χ4n) is 4.21. The molecule has 33 heavy (non-hydrogen) atoms. The smallest absolute Gasteiger partial charge is 0.294 e. The highest BCUT2D eigenvalue weighted by Crippen LogP contribution is 2.37. The third-order valence-electron chi connectivity index (χ3n) is 5.93. The van der Waals surface area contributed by atoms with E-state index in [1.807, 2.05) is 13.2 Å². The lowest BCUT2D eigenvalue weighted by atomic mass is 9.90. The Balaban J connectivity index is 1.67. The average molecular weight is 455 g/mol. The zero-order chi connectivity index (χ0) is 23.3. The maximum atomic E-state index is 14.7. The van der Waals surface area contributed by atoms with Crippen LogP contribution in [0.3, 0.4) is 0 Å². The van der Waals surface area contributed by atoms with E-state index in [2.05, 4.69) is 15.1 Å². The summed E-state index contributed by atoms with van der Waals surface area (Å²) in [6.45, 7) is 1.80. The van der Waals surface area contributed by atoms with Gasteiger partial charge in [0.05, 0.1) is 23.7 Å². The Morgan fingerprint density at radius 1 is 1.15 bits per heavy atom. The van der Waals surface area contributed by atoms with Crippen LogP contribution in [0.15, 0.2) is 41.6 Å². The molecule has 1 aromatic carbocycles. The Morgan fingerprint density at radius 2 is 1.97 bits per heavy atom. The number of aromatic nitrogens is 5. The first kappa shape index (κ1) is 21.3. The van der Waals surface area contributed by atoms with E-state index in [0.29, 0.717) is 25.1 Å². The van der Waals surface area contributed by atoms with Crippen LogP contribution in [-0.2, 0) is 11.8 Å². The van der Waals surface area contributed by atoms with Gasteiger partial charge in [0.15, 0.2) is 5.65 Å². The third kappa shape index (κ3) is 3.80. The van der Waals surface area contributed by atoms with E-state index in [4.69, 9.17) is 4.74 Å². The SMILES string of the molecule is Cc1nc2c(-c3ccc(F)cc3F)nc([C@@H]3CCO[C@@H](c4cnn(C)c4)C3)cn2c(=O)c1F. The van der Waals surface area contributed by atoms with Crippen LogP contribution in [0.25, 0.3) is 16.9 Å². The van der Waals surface area contributed by atoms with Crippen LogP contribution in [0.1, 0.15) is 41.8 Å². The van der Waals surface area contributed by atoms with Gasteiger partial charge in [0.2, 0.25) is 5.82 Å². The molecule has 2 atom stereocenters. The fraction of sp³-hybridized carbons (Fsp3) is 0.304. The molecule has 10 heteroatoms. The summed E-state index contributed by atoms with van der Waals surface area (Å²) in [5.41, 5.74) is 0.392. The second kappa shape index (κ2) is 8.11. The molecule has 3 aromatic heterocycles. The topological polar surface area (TPSA) is 74.3 Å². The molecule has 0 bridgehead atoms. The second-order valence-corrected chi connectivity index (χ2v) is 8.18. The van der Waals surface area contributed by atoms with Crippen molar-refractivity contribution in [2.45, 2.75) is 31.8 Å². The van der Waals surface area contributed by atoms with E-state index in [9.17, 15) is 18.0 Å². The molecule has 0 N–H and O–H groups in total. The molecule has 170 valence electrons. The van der Waals surface area contributed by atoms with E-state index in [0.717, 1.165) is 22.1 Å². The molecule has 1 aliphatic rings. The number of hydrogen-bond donors (Lipinski definition) is 0. The number of nitrogens with zero attached hydrogens (tertiary/aromatic N) is 5. The van der Waals surface area contributed by atoms with Crippen LogP contribution in [0.2, 0.25) is 0 Å². The van der Waals surface area contributed by atoms with Crippen LogP contribution < -0.4 is 5.56 Å². The number of hydrogen-bond acceptors (Lipinski definition) is 5. The predicted molar refractivity (Wildman–Crippen MR) is 113 cm³/mol. The van der Waals surface area contributed by atoms with Gasteiger partial charge in [-0.05, 0) is 31.9 Å². The Hall–Kier alpha value is -3.53. The Labute approximate surface area is 186 Å². The molecule has 1 fully saturated rings. The van der Waals surface area contributed by atoms with Crippen LogP contribution in [0.5, 0.6) is 0 Å². The van der Waals surface area contributed by atoms with Gasteiger partial charge >= 0.3 is 0 Å². The first-order chi connectivity index (χ1) is 15.8. The lowest BCUT2D eigenvalue weighted by molar-refractivity contribution is 0.00455. The minimum absolute atomic E-state index is 0.00373. The van der Waals surface area contributed by atoms with Gasteiger partial charge in [0.25, 0.3) is 5.56 Å². The fourth-order valence-corrected chi connectivity index (χ4v) is 4.21. The van der Waals surface area contributed by atoms with Gasteiger partial charge in [0.1, 0.15) is 17.3 Å². The summed E-state index contributed by atoms with van der Waals surface area (Å²) in [6.07, 6.45) is 5.97. The molecule has 0 amide bonds. The highest BCUT2D eigenvalue weighted by Gasteiger charge is 2.29. The lowest BCUT2D eigenvalue weighted by Crippen LogP contribution is -2.24. The maximum Gasteiger partial charge on any atom is 0.294 e. The standard InChI is InChI=1S/C23H20F3N5O2/c1-12-20(26)23(32)31-11-18(13-5-6-33-19(7-13)14-9-27-30(2)10-14)29-21(22(31)28-12)16-4-3-15(24)8-17(16)25/h3-4,8-11,13,19H,5-7H2,1-2H3/t13-,19-/m1/s1. The first-order valence-corrected chi connectivity index (χ1v) is 10.5. The van der Waals surface area contributed by atoms with Crippen molar-refractivity contribution in [2.24, 2.45) is 7.05 Å². The highest BCUT2D eigenvalue weighted by molar-refractivity contribution is 5.74. The molecule has 0 spiro atoms. The lowest BCUT2D eigenvalue weighted by Gasteiger charge is -2.29. The normalized spacial score (nSPS) is 18.7. The van der Waals surface area contributed by atoms with Crippen LogP contribution >= 0.6 is 0 Å². The molecule has 1 saturated heterocycles. The molecule has 4 aromatic rings. The van der Waals surface area contributed by atoms with Crippen molar-refractivity contribution in [3.05, 3.63) is 81.5 Å². The molecule has 5 rings (SSSR count). The van der Waals surface area contributed by atoms with Gasteiger partial charge < -0.3 is 4.74 Å². The number of fused-ring (bicyclic) bond motifs is 1. The van der Waals surface area contributed by atoms with E-state index >= 15 is 0 Å². The van der Waals surface area contributed by atoms with E-state index < -0.39 is 23.0 Å². The quantitative estimate of drug-likeness (QED) is 0.469. The van der Waals surface area contributed by atoms with Crippen LogP contribution in [0, 0.1) is 24.4 Å². The van der Waals surface area contributed by atoms with Gasteiger partial charge in [-0.15, -0.1) is 0 Å². The zero-order valence-electron chi connectivity index (χ0n) is 17.9. The second-order valence-electron chi connectivity index (χ2n) is 8.18. The highest BCUT2D eigenvalue weighted by atomic mass is 19.1. The molecule has 0 aliphatic carbocycles. The van der Waals surface area contributed by atoms with Crippen LogP contribution in [0.4, 0.5) is 13.2 Å². The van der Waals surface area contributed by atoms with Gasteiger partial charge in [0, 0.05) is 49.2 Å². The monoisotopic (exact) mass is 455 g/mol. The number of halogens is 3. The molecule has 0 unspecified atom stereocenters. The summed E-state index contributed by atoms with van der Waals surface area (Å²) in [4.78, 5) is 21.5. The Bertz CT molecular complexity index is 1430. The predicted octanol–water partition coefficient (Wildman–Crippen LogP) is 3.85. The first-order valence-electron chi connectivity index (χ1n) is 10.5. The van der Waals surface area contributed by atoms with Crippen LogP contribution in [-0.4, -0.2) is 30.8 Å². The maximum absolute atomic E-state index is 14.7. The Kier molecular flexibility index (Phi) is 5.24. The summed E-state index contributed by atoms with van der Waals surface area (Å²) in [5, 5.41) is 4.18. The minimum Gasteiger partial charge on any atom is -0.373 e. The summed E-state index contributed by atoms with van der Waals surface area (Å²) < 4.78 is 51.3. The molecule has 1 aliphatic heterocycles. The number of rotatable bonds is 3. The third-order valence-corrected chi connectivity index (χ3v) is 5.93. The Morgan fingerprint density at radius 3 is 2.70 bits per heavy atom. The van der Waals surface area contributed by atoms with Crippen molar-refractivity contribution in [3.8, 4) is 11.3 Å². The van der Waals surface area contributed by atoms with E-state index in [-0.39, 0.29) is 34.6 Å². The zero-order valence-corrected chi connectivity index (χ0v) is 17.9. The van der Waals surface area contributed by atoms with E-state index in [1.54, 1.807) is 10.9 Å². The van der Waals surface area contributed by atoms with Gasteiger partial charge in [-0.3, -0.25) is 13.9 Å². The van der Waals surface area contributed by atoms with Crippen molar-refractivity contribution >= 4 is 5.65 Å².